The van der Waals surface area contributed by atoms with E-state index in [0.29, 0.717) is 6.54 Å². The van der Waals surface area contributed by atoms with Crippen molar-refractivity contribution >= 4 is 22.4 Å². The van der Waals surface area contributed by atoms with Gasteiger partial charge in [-0.05, 0) is 47.4 Å². The Kier molecular flexibility index (Phi) is 3.62. The molecule has 1 atom stereocenters. The molecular weight excluding hydrogens is 256 g/mol. The quantitative estimate of drug-likeness (QED) is 0.775. The number of aryl methyl sites for hydroxylation is 1. The Bertz CT molecular complexity index is 645. The van der Waals surface area contributed by atoms with Crippen LogP contribution in [-0.4, -0.2) is 20.8 Å². The summed E-state index contributed by atoms with van der Waals surface area (Å²) in [4.78, 5) is 4.34. The van der Waals surface area contributed by atoms with Crippen molar-refractivity contribution in [2.45, 2.75) is 25.5 Å². The van der Waals surface area contributed by atoms with E-state index in [1.54, 1.807) is 17.7 Å². The molecule has 0 radical (unpaired) electrons. The van der Waals surface area contributed by atoms with Crippen LogP contribution in [0.2, 0.25) is 0 Å². The minimum absolute atomic E-state index is 0.336. The number of rotatable bonds is 5. The molecule has 1 N–H and O–H groups in total. The molecule has 2 heterocycles. The van der Waals surface area contributed by atoms with Crippen LogP contribution in [0.5, 0.6) is 0 Å². The first kappa shape index (κ1) is 12.4. The molecule has 98 valence electrons. The molecule has 3 nitrogen and oxygen atoms in total. The highest BCUT2D eigenvalue weighted by Crippen LogP contribution is 2.14. The molecule has 0 saturated carbocycles. The van der Waals surface area contributed by atoms with Gasteiger partial charge in [0.05, 0.1) is 30.0 Å². The van der Waals surface area contributed by atoms with Crippen LogP contribution in [-0.2, 0) is 13.0 Å². The number of fused-ring (bicyclic) bond motifs is 1. The van der Waals surface area contributed by atoms with Crippen LogP contribution in [0.15, 0.2) is 47.4 Å². The monoisotopic (exact) mass is 272 g/mol. The van der Waals surface area contributed by atoms with Gasteiger partial charge in [-0.3, -0.25) is 0 Å². The number of nitrogens with zero attached hydrogens (tertiary/aromatic N) is 2. The maximum Gasteiger partial charge on any atom is 0.0959 e. The van der Waals surface area contributed by atoms with E-state index in [2.05, 4.69) is 21.8 Å². The third kappa shape index (κ3) is 2.85. The van der Waals surface area contributed by atoms with E-state index in [1.165, 1.54) is 5.56 Å². The Morgan fingerprint density at radius 3 is 3.00 bits per heavy atom. The highest BCUT2D eigenvalue weighted by Gasteiger charge is 2.08. The number of imidazole rings is 1. The number of para-hydroxylation sites is 2. The van der Waals surface area contributed by atoms with Crippen molar-refractivity contribution in [3.8, 4) is 0 Å². The molecule has 0 amide bonds. The highest BCUT2D eigenvalue weighted by atomic mass is 32.1. The van der Waals surface area contributed by atoms with Gasteiger partial charge in [0.2, 0.25) is 0 Å². The van der Waals surface area contributed by atoms with Crippen LogP contribution < -0.4 is 0 Å². The summed E-state index contributed by atoms with van der Waals surface area (Å²) in [6.45, 7) is 0.602. The number of aliphatic hydroxyl groups is 1. The number of benzene rings is 1. The average molecular weight is 272 g/mol. The van der Waals surface area contributed by atoms with E-state index >= 15 is 0 Å². The van der Waals surface area contributed by atoms with E-state index in [1.807, 2.05) is 28.8 Å². The van der Waals surface area contributed by atoms with Gasteiger partial charge in [0, 0.05) is 0 Å². The fourth-order valence-corrected chi connectivity index (χ4v) is 2.95. The molecule has 3 rings (SSSR count). The zero-order valence-electron chi connectivity index (χ0n) is 10.6. The molecule has 1 unspecified atom stereocenters. The first-order valence-electron chi connectivity index (χ1n) is 6.42. The summed E-state index contributed by atoms with van der Waals surface area (Å²) in [6, 6.07) is 10.1. The first-order chi connectivity index (χ1) is 9.33. The summed E-state index contributed by atoms with van der Waals surface area (Å²) in [5.41, 5.74) is 3.36. The van der Waals surface area contributed by atoms with E-state index in [9.17, 15) is 5.11 Å². The number of hydrogen-bond donors (Lipinski definition) is 1. The van der Waals surface area contributed by atoms with Gasteiger partial charge in [0.1, 0.15) is 0 Å². The SMILES string of the molecule is OC(CCc1ccsc1)Cn1cnc2ccccc21. The van der Waals surface area contributed by atoms with Crippen molar-refractivity contribution in [2.24, 2.45) is 0 Å². The predicted molar refractivity (Wildman–Crippen MR) is 78.4 cm³/mol. The maximum atomic E-state index is 10.1. The summed E-state index contributed by atoms with van der Waals surface area (Å²) in [7, 11) is 0. The first-order valence-corrected chi connectivity index (χ1v) is 7.36. The standard InChI is InChI=1S/C15H16N2OS/c18-13(6-5-12-7-8-19-10-12)9-17-11-16-14-3-1-2-4-15(14)17/h1-4,7-8,10-11,13,18H,5-6,9H2. The topological polar surface area (TPSA) is 38.0 Å². The molecule has 0 aliphatic heterocycles. The molecular formula is C15H16N2OS. The Hall–Kier alpha value is -1.65. The van der Waals surface area contributed by atoms with E-state index in [4.69, 9.17) is 0 Å². The van der Waals surface area contributed by atoms with Crippen molar-refractivity contribution in [1.82, 2.24) is 9.55 Å². The van der Waals surface area contributed by atoms with Gasteiger partial charge in [-0.15, -0.1) is 0 Å². The fourth-order valence-electron chi connectivity index (χ4n) is 2.24. The molecule has 0 fully saturated rings. The highest BCUT2D eigenvalue weighted by molar-refractivity contribution is 7.07. The van der Waals surface area contributed by atoms with Crippen LogP contribution in [0.4, 0.5) is 0 Å². The van der Waals surface area contributed by atoms with Gasteiger partial charge in [-0.2, -0.15) is 11.3 Å². The second kappa shape index (κ2) is 5.55. The minimum atomic E-state index is -0.336. The second-order valence-corrected chi connectivity index (χ2v) is 5.49. The summed E-state index contributed by atoms with van der Waals surface area (Å²) in [6.07, 6.45) is 3.18. The molecule has 4 heteroatoms. The van der Waals surface area contributed by atoms with Crippen LogP contribution >= 0.6 is 11.3 Å². The Morgan fingerprint density at radius 1 is 1.26 bits per heavy atom. The Balaban J connectivity index is 1.64. The van der Waals surface area contributed by atoms with Crippen LogP contribution in [0.1, 0.15) is 12.0 Å². The van der Waals surface area contributed by atoms with Crippen LogP contribution in [0.25, 0.3) is 11.0 Å². The van der Waals surface area contributed by atoms with Gasteiger partial charge in [0.15, 0.2) is 0 Å². The molecule has 0 saturated heterocycles. The minimum Gasteiger partial charge on any atom is -0.391 e. The normalized spacial score (nSPS) is 12.9. The lowest BCUT2D eigenvalue weighted by Crippen LogP contribution is -2.16. The fraction of sp³-hybridized carbons (Fsp3) is 0.267. The lowest BCUT2D eigenvalue weighted by molar-refractivity contribution is 0.146. The third-order valence-corrected chi connectivity index (χ3v) is 4.01. The second-order valence-electron chi connectivity index (χ2n) is 4.71. The molecule has 2 aromatic heterocycles. The van der Waals surface area contributed by atoms with E-state index < -0.39 is 0 Å². The smallest absolute Gasteiger partial charge is 0.0959 e. The van der Waals surface area contributed by atoms with Crippen molar-refractivity contribution < 1.29 is 5.11 Å². The lowest BCUT2D eigenvalue weighted by Gasteiger charge is -2.11. The van der Waals surface area contributed by atoms with Gasteiger partial charge in [-0.25, -0.2) is 4.98 Å². The van der Waals surface area contributed by atoms with Crippen molar-refractivity contribution in [3.05, 3.63) is 53.0 Å². The zero-order chi connectivity index (χ0) is 13.1. The number of aliphatic hydroxyl groups excluding tert-OH is 1. The largest absolute Gasteiger partial charge is 0.391 e. The van der Waals surface area contributed by atoms with Crippen molar-refractivity contribution in [3.63, 3.8) is 0 Å². The molecule has 1 aromatic carbocycles. The van der Waals surface area contributed by atoms with Crippen LogP contribution in [0, 0.1) is 0 Å². The maximum absolute atomic E-state index is 10.1. The zero-order valence-corrected chi connectivity index (χ0v) is 11.4. The van der Waals surface area contributed by atoms with Crippen molar-refractivity contribution in [1.29, 1.82) is 0 Å². The third-order valence-electron chi connectivity index (χ3n) is 3.28. The predicted octanol–water partition coefficient (Wildman–Crippen LogP) is 3.09. The van der Waals surface area contributed by atoms with E-state index in [0.717, 1.165) is 23.9 Å². The molecule has 0 aliphatic rings. The molecule has 19 heavy (non-hydrogen) atoms. The van der Waals surface area contributed by atoms with Gasteiger partial charge < -0.3 is 9.67 Å². The van der Waals surface area contributed by atoms with Gasteiger partial charge >= 0.3 is 0 Å². The Labute approximate surface area is 116 Å². The number of thiophene rings is 1. The van der Waals surface area contributed by atoms with E-state index in [-0.39, 0.29) is 6.10 Å². The lowest BCUT2D eigenvalue weighted by atomic mass is 10.1. The van der Waals surface area contributed by atoms with Gasteiger partial charge in [0.25, 0.3) is 0 Å². The summed E-state index contributed by atoms with van der Waals surface area (Å²) in [5.74, 6) is 0. The Morgan fingerprint density at radius 2 is 2.16 bits per heavy atom. The summed E-state index contributed by atoms with van der Waals surface area (Å²) >= 11 is 1.70. The number of aromatic nitrogens is 2. The molecule has 0 bridgehead atoms. The molecule has 0 aliphatic carbocycles. The summed E-state index contributed by atoms with van der Waals surface area (Å²) < 4.78 is 2.02. The average Bonchev–Trinajstić information content (AvgIpc) is 3.07. The van der Waals surface area contributed by atoms with Crippen LogP contribution in [0.3, 0.4) is 0 Å². The number of hydrogen-bond acceptors (Lipinski definition) is 3. The van der Waals surface area contributed by atoms with Gasteiger partial charge in [-0.1, -0.05) is 12.1 Å². The molecule has 3 aromatic rings. The molecule has 0 spiro atoms. The summed E-state index contributed by atoms with van der Waals surface area (Å²) in [5, 5.41) is 14.3. The van der Waals surface area contributed by atoms with Crippen molar-refractivity contribution in [2.75, 3.05) is 0 Å².